The smallest absolute Gasteiger partial charge is 0.768 e. The maximum absolute atomic E-state index is 13.3. The molecule has 10 heteroatoms. The van der Waals surface area contributed by atoms with Gasteiger partial charge in [0.1, 0.15) is 17.2 Å². The Balaban J connectivity index is 0.00000243. The Morgan fingerprint density at radius 2 is 1.50 bits per heavy atom. The molecule has 1 unspecified atom stereocenters. The molecule has 3 rings (SSSR count). The molecular weight excluding hydrogens is 383 g/mol. The van der Waals surface area contributed by atoms with Crippen molar-refractivity contribution in [1.29, 1.82) is 0 Å². The van der Waals surface area contributed by atoms with Crippen molar-refractivity contribution in [3.63, 3.8) is 0 Å². The van der Waals surface area contributed by atoms with E-state index in [-0.39, 0.29) is 51.3 Å². The summed E-state index contributed by atoms with van der Waals surface area (Å²) in [5.41, 5.74) is -0.884. The summed E-state index contributed by atoms with van der Waals surface area (Å²) in [4.78, 5) is -0.00124. The third-order valence-electron chi connectivity index (χ3n) is 3.50. The number of hydrogen-bond acceptors (Lipinski definition) is 3. The maximum Gasteiger partial charge on any atom is 1.00 e. The van der Waals surface area contributed by atoms with Gasteiger partial charge >= 0.3 is 35.7 Å². The second kappa shape index (κ2) is 8.01. The van der Waals surface area contributed by atoms with Crippen LogP contribution < -0.4 is 29.6 Å². The first-order chi connectivity index (χ1) is 11.8. The topological polar surface area (TPSA) is 68.8 Å². The van der Waals surface area contributed by atoms with Gasteiger partial charge in [0.15, 0.2) is 0 Å². The van der Waals surface area contributed by atoms with Crippen LogP contribution in [0.5, 0.6) is 0 Å². The minimum absolute atomic E-state index is 0. The number of aromatic nitrogens is 2. The molecule has 1 atom stereocenters. The predicted molar refractivity (Wildman–Crippen MR) is 81.6 cm³/mol. The van der Waals surface area contributed by atoms with Crippen molar-refractivity contribution in [2.45, 2.75) is 11.1 Å². The Morgan fingerprint density at radius 1 is 0.962 bits per heavy atom. The van der Waals surface area contributed by atoms with Crippen LogP contribution in [0.15, 0.2) is 53.4 Å². The van der Waals surface area contributed by atoms with Crippen LogP contribution in [0.4, 0.5) is 17.6 Å². The van der Waals surface area contributed by atoms with Gasteiger partial charge < -0.3 is 4.55 Å². The van der Waals surface area contributed by atoms with Gasteiger partial charge in [0, 0.05) is 16.0 Å². The number of halogens is 4. The van der Waals surface area contributed by atoms with Crippen LogP contribution >= 0.6 is 0 Å². The average Bonchev–Trinajstić information content (AvgIpc) is 3.01. The Kier molecular flexibility index (Phi) is 6.41. The molecule has 0 saturated carbocycles. The van der Waals surface area contributed by atoms with E-state index in [1.54, 1.807) is 0 Å². The molecule has 0 aliphatic carbocycles. The molecule has 1 aromatic heterocycles. The average molecular weight is 392 g/mol. The quantitative estimate of drug-likeness (QED) is 0.413. The van der Waals surface area contributed by atoms with E-state index < -0.39 is 28.8 Å². The Hall–Kier alpha value is -1.52. The molecule has 2 aromatic carbocycles. The first-order valence-electron chi connectivity index (χ1n) is 6.88. The van der Waals surface area contributed by atoms with Crippen molar-refractivity contribution in [3.8, 4) is 22.4 Å². The van der Waals surface area contributed by atoms with E-state index >= 15 is 0 Å². The zero-order valence-corrected chi connectivity index (χ0v) is 16.1. The molecule has 26 heavy (non-hydrogen) atoms. The third-order valence-corrected chi connectivity index (χ3v) is 4.16. The van der Waals surface area contributed by atoms with Crippen LogP contribution in [0.3, 0.4) is 0 Å². The van der Waals surface area contributed by atoms with Crippen LogP contribution in [-0.2, 0) is 17.3 Å². The van der Waals surface area contributed by atoms with E-state index in [4.69, 9.17) is 0 Å². The van der Waals surface area contributed by atoms with Crippen molar-refractivity contribution >= 4 is 11.1 Å². The van der Waals surface area contributed by atoms with E-state index in [2.05, 4.69) is 5.10 Å². The third kappa shape index (κ3) is 4.24. The van der Waals surface area contributed by atoms with Gasteiger partial charge in [-0.25, -0.2) is 4.39 Å². The molecule has 1 N–H and O–H groups in total. The van der Waals surface area contributed by atoms with Crippen molar-refractivity contribution in [3.05, 3.63) is 60.0 Å². The second-order valence-corrected chi connectivity index (χ2v) is 6.03. The summed E-state index contributed by atoms with van der Waals surface area (Å²) in [6, 6.07) is 9.78. The Bertz CT molecular complexity index is 925. The van der Waals surface area contributed by atoms with Crippen LogP contribution in [0.2, 0.25) is 0 Å². The summed E-state index contributed by atoms with van der Waals surface area (Å²) in [6.45, 7) is 0. The fraction of sp³-hybridized carbons (Fsp3) is 0.0625. The molecule has 0 bridgehead atoms. The maximum atomic E-state index is 13.3. The van der Waals surface area contributed by atoms with E-state index in [1.165, 1.54) is 36.4 Å². The molecule has 0 radical (unpaired) electrons. The van der Waals surface area contributed by atoms with Crippen LogP contribution in [0.25, 0.3) is 22.4 Å². The normalized spacial score (nSPS) is 12.5. The summed E-state index contributed by atoms with van der Waals surface area (Å²) < 4.78 is 74.8. The summed E-state index contributed by atoms with van der Waals surface area (Å²) in [6.07, 6.45) is -4.69. The van der Waals surface area contributed by atoms with Gasteiger partial charge in [-0.15, -0.1) is 0 Å². The van der Waals surface area contributed by atoms with Crippen molar-refractivity contribution < 1.29 is 55.9 Å². The summed E-state index contributed by atoms with van der Waals surface area (Å²) in [7, 11) is 0. The zero-order chi connectivity index (χ0) is 18.2. The van der Waals surface area contributed by atoms with Crippen molar-refractivity contribution in [1.82, 2.24) is 10.2 Å². The van der Waals surface area contributed by atoms with Crippen molar-refractivity contribution in [2.75, 3.05) is 0 Å². The van der Waals surface area contributed by atoms with Gasteiger partial charge in [0.2, 0.25) is 0 Å². The predicted octanol–water partition coefficient (Wildman–Crippen LogP) is 1.14. The Labute approximate surface area is 170 Å². The molecule has 0 fully saturated rings. The largest absolute Gasteiger partial charge is 1.00 e. The molecule has 4 nitrogen and oxygen atoms in total. The molecule has 0 amide bonds. The molecular formula is C16H9F4N2NaO2S. The molecule has 0 aliphatic heterocycles. The van der Waals surface area contributed by atoms with Gasteiger partial charge in [-0.3, -0.25) is 9.31 Å². The van der Waals surface area contributed by atoms with E-state index in [0.29, 0.717) is 5.56 Å². The molecule has 0 aliphatic rings. The van der Waals surface area contributed by atoms with Crippen LogP contribution in [0.1, 0.15) is 5.69 Å². The van der Waals surface area contributed by atoms with Gasteiger partial charge in [-0.1, -0.05) is 24.3 Å². The number of nitrogens with one attached hydrogen (secondary N) is 1. The first-order valence-corrected chi connectivity index (χ1v) is 7.96. The molecule has 3 aromatic rings. The fourth-order valence-corrected chi connectivity index (χ4v) is 2.74. The number of aromatic amines is 1. The summed E-state index contributed by atoms with van der Waals surface area (Å²) >= 11 is -2.45. The summed E-state index contributed by atoms with van der Waals surface area (Å²) in [5.74, 6) is -0.579. The Morgan fingerprint density at radius 3 is 2.00 bits per heavy atom. The van der Waals surface area contributed by atoms with Gasteiger partial charge in [-0.2, -0.15) is 18.3 Å². The van der Waals surface area contributed by atoms with Crippen LogP contribution in [0, 0.1) is 5.82 Å². The van der Waals surface area contributed by atoms with Crippen molar-refractivity contribution in [2.24, 2.45) is 0 Å². The molecule has 130 valence electrons. The summed E-state index contributed by atoms with van der Waals surface area (Å²) in [5, 5.41) is 5.71. The van der Waals surface area contributed by atoms with E-state index in [9.17, 15) is 26.3 Å². The number of hydrogen-bond donors (Lipinski definition) is 1. The van der Waals surface area contributed by atoms with E-state index in [1.807, 2.05) is 5.10 Å². The first kappa shape index (κ1) is 20.8. The fourth-order valence-electron chi connectivity index (χ4n) is 2.38. The van der Waals surface area contributed by atoms with Gasteiger partial charge in [0.25, 0.3) is 0 Å². The monoisotopic (exact) mass is 392 g/mol. The molecule has 0 saturated heterocycles. The van der Waals surface area contributed by atoms with E-state index in [0.717, 1.165) is 12.1 Å². The minimum atomic E-state index is -4.69. The number of alkyl halides is 3. The SMILES string of the molecule is O=S([O-])c1ccc(-c2n[nH]c(C(F)(F)F)c2-c2ccc(F)cc2)cc1.[Na+]. The second-order valence-electron chi connectivity index (χ2n) is 5.09. The number of nitrogens with zero attached hydrogens (tertiary/aromatic N) is 1. The number of benzene rings is 2. The van der Waals surface area contributed by atoms with Gasteiger partial charge in [0.05, 0.1) is 0 Å². The number of H-pyrrole nitrogens is 1. The number of rotatable bonds is 3. The zero-order valence-electron chi connectivity index (χ0n) is 13.3. The molecule has 0 spiro atoms. The standard InChI is InChI=1S/C16H10F4N2O2S.Na/c17-11-5-1-9(2-6-11)13-14(21-22-15(13)16(18,19)20)10-3-7-12(8-4-10)25(23)24;/h1-8H,(H,21,22)(H,23,24);/q;+1/p-1. The molecule has 1 heterocycles. The van der Waals surface area contributed by atoms with Crippen LogP contribution in [-0.4, -0.2) is 19.0 Å². The van der Waals surface area contributed by atoms with Gasteiger partial charge in [-0.05, 0) is 40.9 Å². The minimum Gasteiger partial charge on any atom is -0.768 e.